The van der Waals surface area contributed by atoms with Gasteiger partial charge in [0.05, 0.1) is 13.3 Å². The van der Waals surface area contributed by atoms with Crippen molar-refractivity contribution in [3.63, 3.8) is 0 Å². The third-order valence-corrected chi connectivity index (χ3v) is 2.25. The van der Waals surface area contributed by atoms with Gasteiger partial charge in [-0.15, -0.1) is 0 Å². The minimum atomic E-state index is -0.319. The Morgan fingerprint density at radius 3 is 2.85 bits per heavy atom. The van der Waals surface area contributed by atoms with Gasteiger partial charge in [0.1, 0.15) is 11.5 Å². The van der Waals surface area contributed by atoms with E-state index in [1.165, 1.54) is 13.3 Å². The molecule has 0 bridgehead atoms. The van der Waals surface area contributed by atoms with Crippen molar-refractivity contribution >= 4 is 5.69 Å². The molecule has 0 radical (unpaired) electrons. The molecule has 2 rings (SSSR count). The summed E-state index contributed by atoms with van der Waals surface area (Å²) in [6.07, 6.45) is 3.19. The molecule has 0 amide bonds. The molecule has 0 aliphatic heterocycles. The number of pyridine rings is 1. The first kappa shape index (κ1) is 8.29. The van der Waals surface area contributed by atoms with Crippen LogP contribution in [0.4, 0.5) is 10.1 Å². The second kappa shape index (κ2) is 2.87. The molecule has 0 aromatic carbocycles. The standard InChI is InChI=1S/C9H11FN2O/c1-13-9-8(11)7(5-2-3-5)6(10)4-12-9/h4-5H,2-3,11H2,1H3. The molecule has 1 aromatic rings. The van der Waals surface area contributed by atoms with Crippen LogP contribution in [-0.4, -0.2) is 12.1 Å². The van der Waals surface area contributed by atoms with Gasteiger partial charge in [0.25, 0.3) is 0 Å². The summed E-state index contributed by atoms with van der Waals surface area (Å²) in [5, 5.41) is 0. The number of nitrogen functional groups attached to an aromatic ring is 1. The topological polar surface area (TPSA) is 48.1 Å². The van der Waals surface area contributed by atoms with Crippen molar-refractivity contribution in [1.82, 2.24) is 4.98 Å². The minimum Gasteiger partial charge on any atom is -0.480 e. The molecule has 1 aliphatic carbocycles. The zero-order valence-electron chi connectivity index (χ0n) is 7.38. The van der Waals surface area contributed by atoms with E-state index in [9.17, 15) is 4.39 Å². The Hall–Kier alpha value is -1.32. The molecule has 1 fully saturated rings. The van der Waals surface area contributed by atoms with Crippen molar-refractivity contribution in [2.75, 3.05) is 12.8 Å². The van der Waals surface area contributed by atoms with Gasteiger partial charge in [0.15, 0.2) is 0 Å². The van der Waals surface area contributed by atoms with Gasteiger partial charge in [-0.2, -0.15) is 0 Å². The Bertz CT molecular complexity index is 337. The normalized spacial score (nSPS) is 15.8. The number of rotatable bonds is 2. The lowest BCUT2D eigenvalue weighted by atomic mass is 10.1. The fourth-order valence-electron chi connectivity index (χ4n) is 1.45. The first-order valence-corrected chi connectivity index (χ1v) is 4.22. The summed E-state index contributed by atoms with van der Waals surface area (Å²) in [6.45, 7) is 0. The molecular weight excluding hydrogens is 171 g/mol. The van der Waals surface area contributed by atoms with E-state index < -0.39 is 0 Å². The highest BCUT2D eigenvalue weighted by molar-refractivity contribution is 5.57. The number of halogens is 1. The molecule has 0 atom stereocenters. The molecule has 1 aliphatic rings. The fraction of sp³-hybridized carbons (Fsp3) is 0.444. The summed E-state index contributed by atoms with van der Waals surface area (Å²) in [4.78, 5) is 3.74. The van der Waals surface area contributed by atoms with E-state index in [1.807, 2.05) is 0 Å². The van der Waals surface area contributed by atoms with Gasteiger partial charge in [-0.25, -0.2) is 9.37 Å². The van der Waals surface area contributed by atoms with Crippen LogP contribution in [0.15, 0.2) is 6.20 Å². The van der Waals surface area contributed by atoms with Crippen LogP contribution < -0.4 is 10.5 Å². The quantitative estimate of drug-likeness (QED) is 0.757. The van der Waals surface area contributed by atoms with Crippen molar-refractivity contribution in [2.24, 2.45) is 0 Å². The van der Waals surface area contributed by atoms with Crippen LogP contribution in [0.25, 0.3) is 0 Å². The monoisotopic (exact) mass is 182 g/mol. The molecule has 1 aromatic heterocycles. The zero-order chi connectivity index (χ0) is 9.42. The Kier molecular flexibility index (Phi) is 1.83. The van der Waals surface area contributed by atoms with E-state index in [1.54, 1.807) is 0 Å². The highest BCUT2D eigenvalue weighted by Gasteiger charge is 2.30. The van der Waals surface area contributed by atoms with Crippen molar-refractivity contribution in [2.45, 2.75) is 18.8 Å². The highest BCUT2D eigenvalue weighted by Crippen LogP contribution is 2.45. The lowest BCUT2D eigenvalue weighted by Gasteiger charge is -2.08. The lowest BCUT2D eigenvalue weighted by molar-refractivity contribution is 0.397. The number of nitrogens with zero attached hydrogens (tertiary/aromatic N) is 1. The maximum Gasteiger partial charge on any atom is 0.237 e. The lowest BCUT2D eigenvalue weighted by Crippen LogP contribution is -2.02. The zero-order valence-corrected chi connectivity index (χ0v) is 7.38. The van der Waals surface area contributed by atoms with Crippen LogP contribution in [-0.2, 0) is 0 Å². The highest BCUT2D eigenvalue weighted by atomic mass is 19.1. The number of hydrogen-bond acceptors (Lipinski definition) is 3. The molecule has 3 nitrogen and oxygen atoms in total. The van der Waals surface area contributed by atoms with Gasteiger partial charge in [-0.3, -0.25) is 0 Å². The summed E-state index contributed by atoms with van der Waals surface area (Å²) >= 11 is 0. The predicted octanol–water partition coefficient (Wildman–Crippen LogP) is 1.69. The van der Waals surface area contributed by atoms with E-state index in [4.69, 9.17) is 10.5 Å². The third-order valence-electron chi connectivity index (χ3n) is 2.25. The van der Waals surface area contributed by atoms with Crippen molar-refractivity contribution in [3.8, 4) is 5.88 Å². The van der Waals surface area contributed by atoms with Crippen LogP contribution in [0.1, 0.15) is 24.3 Å². The fourth-order valence-corrected chi connectivity index (χ4v) is 1.45. The molecule has 4 heteroatoms. The number of aromatic nitrogens is 1. The average molecular weight is 182 g/mol. The van der Waals surface area contributed by atoms with Gasteiger partial charge >= 0.3 is 0 Å². The maximum atomic E-state index is 13.3. The molecule has 0 unspecified atom stereocenters. The van der Waals surface area contributed by atoms with Gasteiger partial charge in [-0.05, 0) is 18.8 Å². The molecular formula is C9H11FN2O. The number of nitrogens with two attached hydrogens (primary N) is 1. The molecule has 1 saturated carbocycles. The van der Waals surface area contributed by atoms with Crippen LogP contribution in [0.3, 0.4) is 0 Å². The molecule has 1 heterocycles. The number of hydrogen-bond donors (Lipinski definition) is 1. The number of anilines is 1. The summed E-state index contributed by atoms with van der Waals surface area (Å²) in [6, 6.07) is 0. The summed E-state index contributed by atoms with van der Waals surface area (Å²) < 4.78 is 18.2. The smallest absolute Gasteiger partial charge is 0.237 e. The number of ether oxygens (including phenoxy) is 1. The second-order valence-electron chi connectivity index (χ2n) is 3.22. The number of methoxy groups -OCH3 is 1. The van der Waals surface area contributed by atoms with Crippen LogP contribution >= 0.6 is 0 Å². The first-order valence-electron chi connectivity index (χ1n) is 4.22. The predicted molar refractivity (Wildman–Crippen MR) is 47.1 cm³/mol. The van der Waals surface area contributed by atoms with Crippen LogP contribution in [0.2, 0.25) is 0 Å². The van der Waals surface area contributed by atoms with Crippen LogP contribution in [0.5, 0.6) is 5.88 Å². The minimum absolute atomic E-state index is 0.275. The van der Waals surface area contributed by atoms with E-state index >= 15 is 0 Å². The second-order valence-corrected chi connectivity index (χ2v) is 3.22. The average Bonchev–Trinajstić information content (AvgIpc) is 2.89. The third kappa shape index (κ3) is 1.32. The Labute approximate surface area is 75.7 Å². The Morgan fingerprint density at radius 2 is 2.31 bits per heavy atom. The summed E-state index contributed by atoms with van der Waals surface area (Å²) in [5.41, 5.74) is 6.64. The maximum absolute atomic E-state index is 13.3. The molecule has 70 valence electrons. The van der Waals surface area contributed by atoms with Crippen molar-refractivity contribution in [1.29, 1.82) is 0 Å². The van der Waals surface area contributed by atoms with Gasteiger partial charge in [0, 0.05) is 5.56 Å². The Balaban J connectivity index is 2.50. The van der Waals surface area contributed by atoms with Gasteiger partial charge in [-0.1, -0.05) is 0 Å². The molecule has 13 heavy (non-hydrogen) atoms. The molecule has 2 N–H and O–H groups in total. The Morgan fingerprint density at radius 1 is 1.62 bits per heavy atom. The van der Waals surface area contributed by atoms with E-state index in [-0.39, 0.29) is 11.7 Å². The van der Waals surface area contributed by atoms with E-state index in [0.29, 0.717) is 17.1 Å². The van der Waals surface area contributed by atoms with Crippen molar-refractivity contribution in [3.05, 3.63) is 17.6 Å². The first-order chi connectivity index (χ1) is 6.24. The van der Waals surface area contributed by atoms with Crippen LogP contribution in [0, 0.1) is 5.82 Å². The largest absolute Gasteiger partial charge is 0.480 e. The van der Waals surface area contributed by atoms with E-state index in [2.05, 4.69) is 4.98 Å². The molecule has 0 saturated heterocycles. The molecule has 0 spiro atoms. The van der Waals surface area contributed by atoms with Gasteiger partial charge < -0.3 is 10.5 Å². The summed E-state index contributed by atoms with van der Waals surface area (Å²) in [5.74, 6) is 0.279. The van der Waals surface area contributed by atoms with E-state index in [0.717, 1.165) is 12.8 Å². The SMILES string of the molecule is COc1ncc(F)c(C2CC2)c1N. The summed E-state index contributed by atoms with van der Waals surface area (Å²) in [7, 11) is 1.48. The van der Waals surface area contributed by atoms with Gasteiger partial charge in [0.2, 0.25) is 5.88 Å². The van der Waals surface area contributed by atoms with Crippen molar-refractivity contribution < 1.29 is 9.13 Å².